The summed E-state index contributed by atoms with van der Waals surface area (Å²) in [5.74, 6) is 0. The maximum atomic E-state index is 4.22. The average molecular weight is 239 g/mol. The summed E-state index contributed by atoms with van der Waals surface area (Å²) >= 11 is 0. The van der Waals surface area contributed by atoms with E-state index in [1.807, 2.05) is 16.9 Å². The van der Waals surface area contributed by atoms with Crippen molar-refractivity contribution in [3.63, 3.8) is 0 Å². The van der Waals surface area contributed by atoms with Crippen LogP contribution in [0.3, 0.4) is 0 Å². The van der Waals surface area contributed by atoms with Gasteiger partial charge < -0.3 is 5.32 Å². The molecule has 0 atom stereocenters. The fourth-order valence-electron chi connectivity index (χ4n) is 2.23. The highest BCUT2D eigenvalue weighted by atomic mass is 15.3. The van der Waals surface area contributed by atoms with Gasteiger partial charge in [0.2, 0.25) is 0 Å². The second-order valence-electron chi connectivity index (χ2n) is 4.64. The van der Waals surface area contributed by atoms with E-state index in [1.165, 1.54) is 5.56 Å². The lowest BCUT2D eigenvalue weighted by molar-refractivity contribution is 0.538. The van der Waals surface area contributed by atoms with Gasteiger partial charge in [-0.2, -0.15) is 5.10 Å². The van der Waals surface area contributed by atoms with E-state index in [4.69, 9.17) is 0 Å². The molecular formula is C15H17N3. The fourth-order valence-corrected chi connectivity index (χ4v) is 2.23. The molecule has 3 nitrogen and oxygen atoms in total. The van der Waals surface area contributed by atoms with Gasteiger partial charge in [0.1, 0.15) is 0 Å². The first-order chi connectivity index (χ1) is 8.92. The van der Waals surface area contributed by atoms with Gasteiger partial charge in [-0.3, -0.25) is 0 Å². The number of hydrogen-bond donors (Lipinski definition) is 1. The molecule has 0 bridgehead atoms. The molecule has 0 unspecified atom stereocenters. The molecule has 1 aromatic heterocycles. The summed E-state index contributed by atoms with van der Waals surface area (Å²) in [6, 6.07) is 11.1. The second-order valence-corrected chi connectivity index (χ2v) is 4.64. The van der Waals surface area contributed by atoms with Crippen LogP contribution in [0.15, 0.2) is 54.9 Å². The van der Waals surface area contributed by atoms with E-state index in [1.54, 1.807) is 6.20 Å². The van der Waals surface area contributed by atoms with Crippen molar-refractivity contribution >= 4 is 0 Å². The predicted molar refractivity (Wildman–Crippen MR) is 72.6 cm³/mol. The van der Waals surface area contributed by atoms with Crippen LogP contribution in [0.5, 0.6) is 0 Å². The minimum absolute atomic E-state index is 0.621. The number of aromatic nitrogens is 2. The minimum Gasteiger partial charge on any atom is -0.309 e. The third-order valence-corrected chi connectivity index (χ3v) is 3.31. The van der Waals surface area contributed by atoms with Crippen molar-refractivity contribution in [2.75, 3.05) is 0 Å². The summed E-state index contributed by atoms with van der Waals surface area (Å²) < 4.78 is 1.87. The van der Waals surface area contributed by atoms with Gasteiger partial charge in [0.15, 0.2) is 0 Å². The van der Waals surface area contributed by atoms with Crippen molar-refractivity contribution in [2.24, 2.45) is 0 Å². The smallest absolute Gasteiger partial charge is 0.0645 e. The number of rotatable bonds is 4. The van der Waals surface area contributed by atoms with Gasteiger partial charge in [0.25, 0.3) is 0 Å². The van der Waals surface area contributed by atoms with E-state index < -0.39 is 0 Å². The molecule has 18 heavy (non-hydrogen) atoms. The largest absolute Gasteiger partial charge is 0.309 e. The number of hydrogen-bond acceptors (Lipinski definition) is 2. The highest BCUT2D eigenvalue weighted by molar-refractivity contribution is 5.33. The van der Waals surface area contributed by atoms with Crippen molar-refractivity contribution in [1.82, 2.24) is 15.1 Å². The molecule has 3 rings (SSSR count). The Kier molecular flexibility index (Phi) is 3.24. The molecule has 0 spiro atoms. The molecule has 0 radical (unpaired) electrons. The molecule has 0 aliphatic heterocycles. The van der Waals surface area contributed by atoms with Gasteiger partial charge >= 0.3 is 0 Å². The normalized spacial score (nSPS) is 15.3. The summed E-state index contributed by atoms with van der Waals surface area (Å²) in [6.45, 7) is 0.936. The molecule has 1 aliphatic carbocycles. The molecule has 1 N–H and O–H groups in total. The molecular weight excluding hydrogens is 222 g/mol. The summed E-state index contributed by atoms with van der Waals surface area (Å²) in [4.78, 5) is 0. The fraction of sp³-hybridized carbons (Fsp3) is 0.267. The molecule has 1 aliphatic rings. The van der Waals surface area contributed by atoms with Crippen molar-refractivity contribution in [1.29, 1.82) is 0 Å². The Labute approximate surface area is 107 Å². The van der Waals surface area contributed by atoms with Gasteiger partial charge in [-0.15, -0.1) is 0 Å². The molecule has 2 aromatic rings. The lowest BCUT2D eigenvalue weighted by atomic mass is 10.1. The lowest BCUT2D eigenvalue weighted by Gasteiger charge is -2.12. The zero-order valence-electron chi connectivity index (χ0n) is 10.3. The Morgan fingerprint density at radius 3 is 2.61 bits per heavy atom. The maximum absolute atomic E-state index is 4.22. The lowest BCUT2D eigenvalue weighted by Crippen LogP contribution is -2.25. The van der Waals surface area contributed by atoms with Crippen LogP contribution < -0.4 is 5.32 Å². The van der Waals surface area contributed by atoms with E-state index in [2.05, 4.69) is 46.8 Å². The van der Waals surface area contributed by atoms with Gasteiger partial charge in [-0.05, 0) is 36.6 Å². The van der Waals surface area contributed by atoms with E-state index in [0.29, 0.717) is 6.04 Å². The summed E-state index contributed by atoms with van der Waals surface area (Å²) in [7, 11) is 0. The summed E-state index contributed by atoms with van der Waals surface area (Å²) in [6.07, 6.45) is 10.6. The second kappa shape index (κ2) is 5.19. The van der Waals surface area contributed by atoms with Gasteiger partial charge in [-0.1, -0.05) is 24.3 Å². The first-order valence-corrected chi connectivity index (χ1v) is 6.39. The minimum atomic E-state index is 0.621. The third kappa shape index (κ3) is 2.51. The Balaban J connectivity index is 1.60. The quantitative estimate of drug-likeness (QED) is 0.831. The predicted octanol–water partition coefficient (Wildman–Crippen LogP) is 2.68. The third-order valence-electron chi connectivity index (χ3n) is 3.31. The van der Waals surface area contributed by atoms with Crippen molar-refractivity contribution in [3.05, 3.63) is 60.4 Å². The number of benzene rings is 1. The monoisotopic (exact) mass is 239 g/mol. The van der Waals surface area contributed by atoms with Gasteiger partial charge in [-0.25, -0.2) is 4.68 Å². The van der Waals surface area contributed by atoms with E-state index in [-0.39, 0.29) is 0 Å². The Morgan fingerprint density at radius 2 is 1.94 bits per heavy atom. The standard InChI is InChI=1S/C15H17N3/c1-2-5-14(4-1)16-12-13-6-8-15(9-7-13)18-11-3-10-17-18/h1-3,6-11,14,16H,4-5,12H2. The van der Waals surface area contributed by atoms with E-state index in [9.17, 15) is 0 Å². The van der Waals surface area contributed by atoms with Crippen molar-refractivity contribution in [3.8, 4) is 5.69 Å². The van der Waals surface area contributed by atoms with Crippen LogP contribution in [-0.4, -0.2) is 15.8 Å². The highest BCUT2D eigenvalue weighted by Crippen LogP contribution is 2.12. The van der Waals surface area contributed by atoms with Crippen LogP contribution in [0.4, 0.5) is 0 Å². The Morgan fingerprint density at radius 1 is 1.17 bits per heavy atom. The molecule has 3 heteroatoms. The molecule has 1 heterocycles. The van der Waals surface area contributed by atoms with Crippen LogP contribution in [0.1, 0.15) is 18.4 Å². The maximum Gasteiger partial charge on any atom is 0.0645 e. The molecule has 0 amide bonds. The summed E-state index contributed by atoms with van der Waals surface area (Å²) in [5.41, 5.74) is 2.42. The Hall–Kier alpha value is -1.87. The number of nitrogens with zero attached hydrogens (tertiary/aromatic N) is 2. The van der Waals surface area contributed by atoms with E-state index >= 15 is 0 Å². The van der Waals surface area contributed by atoms with Crippen LogP contribution in [0.25, 0.3) is 5.69 Å². The average Bonchev–Trinajstić information content (AvgIpc) is 3.10. The summed E-state index contributed by atoms with van der Waals surface area (Å²) in [5, 5.41) is 7.79. The van der Waals surface area contributed by atoms with Crippen molar-refractivity contribution < 1.29 is 0 Å². The van der Waals surface area contributed by atoms with Crippen LogP contribution in [0, 0.1) is 0 Å². The molecule has 92 valence electrons. The zero-order valence-corrected chi connectivity index (χ0v) is 10.3. The van der Waals surface area contributed by atoms with Crippen LogP contribution in [0.2, 0.25) is 0 Å². The topological polar surface area (TPSA) is 29.9 Å². The van der Waals surface area contributed by atoms with E-state index in [0.717, 1.165) is 25.1 Å². The first kappa shape index (κ1) is 11.2. The SMILES string of the molecule is C1=CCC(NCc2ccc(-n3cccn3)cc2)C1. The highest BCUT2D eigenvalue weighted by Gasteiger charge is 2.08. The molecule has 0 saturated carbocycles. The molecule has 0 saturated heterocycles. The first-order valence-electron chi connectivity index (χ1n) is 6.39. The Bertz CT molecular complexity index is 503. The number of nitrogens with one attached hydrogen (secondary N) is 1. The molecule has 0 fully saturated rings. The van der Waals surface area contributed by atoms with Gasteiger partial charge in [0, 0.05) is 25.0 Å². The van der Waals surface area contributed by atoms with Crippen LogP contribution in [-0.2, 0) is 6.54 Å². The van der Waals surface area contributed by atoms with Crippen molar-refractivity contribution in [2.45, 2.75) is 25.4 Å². The molecule has 1 aromatic carbocycles. The van der Waals surface area contributed by atoms with Crippen LogP contribution >= 0.6 is 0 Å². The van der Waals surface area contributed by atoms with Gasteiger partial charge in [0.05, 0.1) is 5.69 Å². The zero-order chi connectivity index (χ0) is 12.2.